The molecule has 2 aromatic heterocycles. The molecule has 0 radical (unpaired) electrons. The number of hydrogen-bond donors (Lipinski definition) is 1. The van der Waals surface area contributed by atoms with Crippen molar-refractivity contribution in [2.45, 2.75) is 46.0 Å². The molecule has 1 amide bonds. The second kappa shape index (κ2) is 6.67. The molecule has 0 fully saturated rings. The smallest absolute Gasteiger partial charge is 0.226 e. The van der Waals surface area contributed by atoms with E-state index in [2.05, 4.69) is 27.4 Å². The van der Waals surface area contributed by atoms with Gasteiger partial charge in [0.15, 0.2) is 0 Å². The molecule has 5 nitrogen and oxygen atoms in total. The number of rotatable bonds is 2. The van der Waals surface area contributed by atoms with Gasteiger partial charge in [0.05, 0.1) is 16.8 Å². The van der Waals surface area contributed by atoms with Gasteiger partial charge >= 0.3 is 0 Å². The molecule has 0 bridgehead atoms. The SMILES string of the molecule is CNC(=O)C1(C)CCCCc2c(-c3ccccn3)nnc(C)c2C1. The van der Waals surface area contributed by atoms with Gasteiger partial charge in [-0.25, -0.2) is 0 Å². The van der Waals surface area contributed by atoms with Crippen LogP contribution in [0.5, 0.6) is 0 Å². The van der Waals surface area contributed by atoms with Gasteiger partial charge in [0.2, 0.25) is 5.91 Å². The fourth-order valence-electron chi connectivity index (χ4n) is 3.61. The van der Waals surface area contributed by atoms with Crippen molar-refractivity contribution in [2.24, 2.45) is 5.41 Å². The molecule has 0 aromatic carbocycles. The lowest BCUT2D eigenvalue weighted by atomic mass is 9.74. The molecule has 1 aliphatic rings. The van der Waals surface area contributed by atoms with E-state index in [1.807, 2.05) is 25.1 Å². The molecular weight excluding hydrogens is 300 g/mol. The van der Waals surface area contributed by atoms with Gasteiger partial charge in [-0.3, -0.25) is 9.78 Å². The lowest BCUT2D eigenvalue weighted by Crippen LogP contribution is -2.39. The van der Waals surface area contributed by atoms with Gasteiger partial charge in [-0.15, -0.1) is 5.10 Å². The molecule has 1 unspecified atom stereocenters. The van der Waals surface area contributed by atoms with E-state index >= 15 is 0 Å². The largest absolute Gasteiger partial charge is 0.359 e. The van der Waals surface area contributed by atoms with E-state index in [1.54, 1.807) is 13.2 Å². The zero-order valence-electron chi connectivity index (χ0n) is 14.6. The Labute approximate surface area is 142 Å². The van der Waals surface area contributed by atoms with Crippen LogP contribution in [-0.2, 0) is 17.6 Å². The lowest BCUT2D eigenvalue weighted by Gasteiger charge is -2.31. The van der Waals surface area contributed by atoms with Crippen LogP contribution < -0.4 is 5.32 Å². The Kier molecular flexibility index (Phi) is 4.60. The molecule has 3 rings (SSSR count). The summed E-state index contributed by atoms with van der Waals surface area (Å²) in [5.74, 6) is 0.103. The monoisotopic (exact) mass is 324 g/mol. The summed E-state index contributed by atoms with van der Waals surface area (Å²) >= 11 is 0. The number of pyridine rings is 1. The van der Waals surface area contributed by atoms with E-state index in [4.69, 9.17) is 0 Å². The Hall–Kier alpha value is -2.30. The molecular formula is C19H24N4O. The fraction of sp³-hybridized carbons (Fsp3) is 0.474. The zero-order chi connectivity index (χ0) is 17.2. The number of hydrogen-bond acceptors (Lipinski definition) is 4. The number of fused-ring (bicyclic) bond motifs is 1. The van der Waals surface area contributed by atoms with Crippen LogP contribution in [0.15, 0.2) is 24.4 Å². The first-order valence-corrected chi connectivity index (χ1v) is 8.54. The van der Waals surface area contributed by atoms with E-state index in [0.29, 0.717) is 6.42 Å². The van der Waals surface area contributed by atoms with Crippen LogP contribution in [0, 0.1) is 12.3 Å². The summed E-state index contributed by atoms with van der Waals surface area (Å²) in [6, 6.07) is 5.83. The second-order valence-corrected chi connectivity index (χ2v) is 6.83. The third kappa shape index (κ3) is 3.03. The van der Waals surface area contributed by atoms with Crippen LogP contribution in [0.4, 0.5) is 0 Å². The number of carbonyl (C=O) groups is 1. The van der Waals surface area contributed by atoms with Crippen molar-refractivity contribution in [1.82, 2.24) is 20.5 Å². The van der Waals surface area contributed by atoms with Crippen molar-refractivity contribution in [2.75, 3.05) is 7.05 Å². The Morgan fingerprint density at radius 3 is 2.75 bits per heavy atom. The highest BCUT2D eigenvalue weighted by molar-refractivity contribution is 5.82. The molecule has 2 heterocycles. The summed E-state index contributed by atoms with van der Waals surface area (Å²) < 4.78 is 0. The Morgan fingerprint density at radius 1 is 1.21 bits per heavy atom. The van der Waals surface area contributed by atoms with E-state index < -0.39 is 5.41 Å². The van der Waals surface area contributed by atoms with Crippen LogP contribution in [0.1, 0.15) is 43.0 Å². The van der Waals surface area contributed by atoms with Crippen molar-refractivity contribution in [3.05, 3.63) is 41.2 Å². The van der Waals surface area contributed by atoms with Gasteiger partial charge in [0.25, 0.3) is 0 Å². The van der Waals surface area contributed by atoms with Crippen LogP contribution in [0.3, 0.4) is 0 Å². The maximum atomic E-state index is 12.5. The molecule has 1 aliphatic carbocycles. The standard InChI is InChI=1S/C19H24N4O/c1-13-15-12-19(2,18(24)20-3)10-6-4-8-14(15)17(23-22-13)16-9-5-7-11-21-16/h5,7,9,11H,4,6,8,10,12H2,1-3H3,(H,20,24). The summed E-state index contributed by atoms with van der Waals surface area (Å²) in [5.41, 5.74) is 4.59. The van der Waals surface area contributed by atoms with E-state index in [-0.39, 0.29) is 5.91 Å². The Balaban J connectivity index is 2.12. The number of nitrogens with one attached hydrogen (secondary N) is 1. The second-order valence-electron chi connectivity index (χ2n) is 6.83. The quantitative estimate of drug-likeness (QED) is 0.922. The summed E-state index contributed by atoms with van der Waals surface area (Å²) in [7, 11) is 1.71. The first-order valence-electron chi connectivity index (χ1n) is 8.54. The predicted molar refractivity (Wildman–Crippen MR) is 93.4 cm³/mol. The van der Waals surface area contributed by atoms with Crippen molar-refractivity contribution >= 4 is 5.91 Å². The average Bonchev–Trinajstić information content (AvgIpc) is 2.59. The summed E-state index contributed by atoms with van der Waals surface area (Å²) in [5, 5.41) is 11.6. The molecule has 0 spiro atoms. The molecule has 0 saturated carbocycles. The number of nitrogens with zero attached hydrogens (tertiary/aromatic N) is 3. The summed E-state index contributed by atoms with van der Waals surface area (Å²) in [6.45, 7) is 4.04. The number of amides is 1. The molecule has 5 heteroatoms. The first-order chi connectivity index (χ1) is 11.5. The Bertz CT molecular complexity index is 745. The minimum absolute atomic E-state index is 0.103. The van der Waals surface area contributed by atoms with Crippen LogP contribution >= 0.6 is 0 Å². The van der Waals surface area contributed by atoms with Gasteiger partial charge in [0, 0.05) is 13.2 Å². The van der Waals surface area contributed by atoms with Gasteiger partial charge < -0.3 is 5.32 Å². The lowest BCUT2D eigenvalue weighted by molar-refractivity contribution is -0.130. The van der Waals surface area contributed by atoms with Crippen molar-refractivity contribution in [3.63, 3.8) is 0 Å². The number of carbonyl (C=O) groups excluding carboxylic acids is 1. The maximum absolute atomic E-state index is 12.5. The topological polar surface area (TPSA) is 67.8 Å². The Morgan fingerprint density at radius 2 is 2.04 bits per heavy atom. The van der Waals surface area contributed by atoms with Crippen LogP contribution in [-0.4, -0.2) is 28.1 Å². The average molecular weight is 324 g/mol. The van der Waals surface area contributed by atoms with E-state index in [1.165, 1.54) is 5.56 Å². The minimum atomic E-state index is -0.404. The van der Waals surface area contributed by atoms with Gasteiger partial charge in [-0.2, -0.15) is 5.10 Å². The number of aryl methyl sites for hydroxylation is 1. The summed E-state index contributed by atoms with van der Waals surface area (Å²) in [4.78, 5) is 16.9. The minimum Gasteiger partial charge on any atom is -0.359 e. The van der Waals surface area contributed by atoms with Gasteiger partial charge in [-0.1, -0.05) is 19.4 Å². The van der Waals surface area contributed by atoms with Crippen molar-refractivity contribution in [1.29, 1.82) is 0 Å². The zero-order valence-corrected chi connectivity index (χ0v) is 14.6. The maximum Gasteiger partial charge on any atom is 0.226 e. The van der Waals surface area contributed by atoms with Gasteiger partial charge in [-0.05, 0) is 55.9 Å². The third-order valence-corrected chi connectivity index (χ3v) is 5.04. The molecule has 24 heavy (non-hydrogen) atoms. The molecule has 126 valence electrons. The normalized spacial score (nSPS) is 20.6. The molecule has 2 aromatic rings. The van der Waals surface area contributed by atoms with Crippen LogP contribution in [0.25, 0.3) is 11.4 Å². The molecule has 1 atom stereocenters. The predicted octanol–water partition coefficient (Wildman–Crippen LogP) is 2.87. The molecule has 1 N–H and O–H groups in total. The highest BCUT2D eigenvalue weighted by atomic mass is 16.2. The highest BCUT2D eigenvalue weighted by Crippen LogP contribution is 2.36. The summed E-state index contributed by atoms with van der Waals surface area (Å²) in [6.07, 6.45) is 6.41. The van der Waals surface area contributed by atoms with Crippen LogP contribution in [0.2, 0.25) is 0 Å². The van der Waals surface area contributed by atoms with E-state index in [9.17, 15) is 4.79 Å². The first kappa shape index (κ1) is 16.6. The molecule has 0 aliphatic heterocycles. The molecule has 0 saturated heterocycles. The third-order valence-electron chi connectivity index (χ3n) is 5.04. The van der Waals surface area contributed by atoms with Crippen molar-refractivity contribution in [3.8, 4) is 11.4 Å². The van der Waals surface area contributed by atoms with Gasteiger partial charge in [0.1, 0.15) is 5.69 Å². The number of aromatic nitrogens is 3. The van der Waals surface area contributed by atoms with Crippen molar-refractivity contribution < 1.29 is 4.79 Å². The fourth-order valence-corrected chi connectivity index (χ4v) is 3.61. The highest BCUT2D eigenvalue weighted by Gasteiger charge is 2.35. The van der Waals surface area contributed by atoms with E-state index in [0.717, 1.165) is 48.3 Å².